The van der Waals surface area contributed by atoms with Crippen LogP contribution in [0, 0.1) is 0 Å². The Morgan fingerprint density at radius 2 is 2.25 bits per heavy atom. The van der Waals surface area contributed by atoms with E-state index in [1.54, 1.807) is 0 Å². The van der Waals surface area contributed by atoms with Crippen molar-refractivity contribution in [1.29, 1.82) is 0 Å². The van der Waals surface area contributed by atoms with Crippen molar-refractivity contribution >= 4 is 5.84 Å². The molecule has 2 N–H and O–H groups in total. The third-order valence-electron chi connectivity index (χ3n) is 3.30. The van der Waals surface area contributed by atoms with Gasteiger partial charge in [0.25, 0.3) is 0 Å². The Balaban J connectivity index is 2.02. The molecule has 0 unspecified atom stereocenters. The van der Waals surface area contributed by atoms with Gasteiger partial charge in [-0.15, -0.1) is 0 Å². The van der Waals surface area contributed by atoms with E-state index < -0.39 is 0 Å². The van der Waals surface area contributed by atoms with Gasteiger partial charge in [-0.2, -0.15) is 0 Å². The van der Waals surface area contributed by atoms with Gasteiger partial charge in [-0.25, -0.2) is 4.99 Å². The molecule has 4 heteroatoms. The molecular formula is C12H22N4. The van der Waals surface area contributed by atoms with E-state index in [4.69, 9.17) is 0 Å². The molecule has 2 aliphatic heterocycles. The molecule has 2 heterocycles. The molecule has 16 heavy (non-hydrogen) atoms. The fourth-order valence-corrected chi connectivity index (χ4v) is 2.49. The second-order valence-corrected chi connectivity index (χ2v) is 4.30. The third kappa shape index (κ3) is 2.21. The van der Waals surface area contributed by atoms with Gasteiger partial charge in [-0.05, 0) is 39.8 Å². The Morgan fingerprint density at radius 1 is 1.50 bits per heavy atom. The molecule has 90 valence electrons. The van der Waals surface area contributed by atoms with E-state index in [1.807, 2.05) is 0 Å². The van der Waals surface area contributed by atoms with Gasteiger partial charge >= 0.3 is 0 Å². The molecule has 0 saturated carbocycles. The maximum atomic E-state index is 4.58. The van der Waals surface area contributed by atoms with Crippen LogP contribution in [0.15, 0.2) is 16.8 Å². The first-order valence-electron chi connectivity index (χ1n) is 6.29. The summed E-state index contributed by atoms with van der Waals surface area (Å²) in [6.07, 6.45) is 4.63. The Hall–Kier alpha value is -1.03. The molecule has 0 bridgehead atoms. The number of allylic oxidation sites excluding steroid dienone is 1. The number of nitrogens with zero attached hydrogens (tertiary/aromatic N) is 2. The summed E-state index contributed by atoms with van der Waals surface area (Å²) >= 11 is 0. The monoisotopic (exact) mass is 222 g/mol. The van der Waals surface area contributed by atoms with Gasteiger partial charge in [-0.3, -0.25) is 0 Å². The molecule has 1 fully saturated rings. The molecular weight excluding hydrogens is 200 g/mol. The van der Waals surface area contributed by atoms with Crippen LogP contribution in [0.5, 0.6) is 0 Å². The van der Waals surface area contributed by atoms with Crippen molar-refractivity contribution in [1.82, 2.24) is 15.5 Å². The molecule has 0 spiro atoms. The minimum atomic E-state index is 0.660. The van der Waals surface area contributed by atoms with E-state index in [0.29, 0.717) is 6.04 Å². The fourth-order valence-electron chi connectivity index (χ4n) is 2.49. The Morgan fingerprint density at radius 3 is 2.88 bits per heavy atom. The highest BCUT2D eigenvalue weighted by Crippen LogP contribution is 2.22. The highest BCUT2D eigenvalue weighted by Gasteiger charge is 2.28. The molecule has 0 amide bonds. The Labute approximate surface area is 97.8 Å². The summed E-state index contributed by atoms with van der Waals surface area (Å²) in [6.45, 7) is 8.25. The van der Waals surface area contributed by atoms with Crippen LogP contribution in [-0.4, -0.2) is 43.1 Å². The van der Waals surface area contributed by atoms with Crippen LogP contribution in [0.3, 0.4) is 0 Å². The summed E-state index contributed by atoms with van der Waals surface area (Å²) in [5.74, 6) is 1.07. The summed E-state index contributed by atoms with van der Waals surface area (Å²) in [5.41, 5.74) is 1.29. The van der Waals surface area contributed by atoms with E-state index in [2.05, 4.69) is 40.4 Å². The zero-order chi connectivity index (χ0) is 11.4. The fraction of sp³-hybridized carbons (Fsp3) is 0.750. The summed E-state index contributed by atoms with van der Waals surface area (Å²) < 4.78 is 0. The van der Waals surface area contributed by atoms with Gasteiger partial charge in [0.15, 0.2) is 0 Å². The summed E-state index contributed by atoms with van der Waals surface area (Å²) in [7, 11) is 0. The van der Waals surface area contributed by atoms with Crippen LogP contribution in [-0.2, 0) is 0 Å². The normalized spacial score (nSPS) is 25.0. The Bertz CT molecular complexity index is 289. The number of amidine groups is 1. The Kier molecular flexibility index (Phi) is 3.83. The number of piperidine rings is 1. The van der Waals surface area contributed by atoms with Crippen molar-refractivity contribution in [3.8, 4) is 0 Å². The summed E-state index contributed by atoms with van der Waals surface area (Å²) in [6, 6.07) is 0.660. The largest absolute Gasteiger partial charge is 0.369 e. The molecule has 0 aromatic carbocycles. The first-order valence-corrected chi connectivity index (χ1v) is 6.29. The lowest BCUT2D eigenvalue weighted by Crippen LogP contribution is -2.42. The van der Waals surface area contributed by atoms with E-state index >= 15 is 0 Å². The van der Waals surface area contributed by atoms with E-state index in [0.717, 1.165) is 32.1 Å². The van der Waals surface area contributed by atoms with Crippen molar-refractivity contribution in [3.05, 3.63) is 11.8 Å². The maximum Gasteiger partial charge on any atom is 0.146 e. The molecule has 1 saturated heterocycles. The van der Waals surface area contributed by atoms with Crippen LogP contribution >= 0.6 is 0 Å². The molecule has 0 aromatic heterocycles. The number of likely N-dealkylation sites (N-methyl/N-ethyl adjacent to an activating group) is 1. The van der Waals surface area contributed by atoms with Crippen molar-refractivity contribution in [2.75, 3.05) is 26.3 Å². The highest BCUT2D eigenvalue weighted by molar-refractivity contribution is 5.99. The van der Waals surface area contributed by atoms with Crippen LogP contribution < -0.4 is 10.6 Å². The average molecular weight is 222 g/mol. The predicted octanol–water partition coefficient (Wildman–Crippen LogP) is 0.923. The van der Waals surface area contributed by atoms with E-state index in [-0.39, 0.29) is 0 Å². The first kappa shape index (κ1) is 11.5. The molecule has 0 atom stereocenters. The lowest BCUT2D eigenvalue weighted by molar-refractivity contribution is 0.231. The number of aliphatic imine (C=N–C) groups is 1. The molecule has 0 radical (unpaired) electrons. The first-order chi connectivity index (χ1) is 7.86. The number of rotatable bonds is 2. The molecule has 0 aromatic rings. The molecule has 0 aliphatic carbocycles. The van der Waals surface area contributed by atoms with Crippen LogP contribution in [0.25, 0.3) is 0 Å². The zero-order valence-corrected chi connectivity index (χ0v) is 10.3. The van der Waals surface area contributed by atoms with Gasteiger partial charge in [0, 0.05) is 12.6 Å². The SMILES string of the molecule is C/C=C1\C(NCC)=NCN1C1CCNCC1. The van der Waals surface area contributed by atoms with Gasteiger partial charge in [0.1, 0.15) is 12.5 Å². The van der Waals surface area contributed by atoms with Crippen LogP contribution in [0.4, 0.5) is 0 Å². The van der Waals surface area contributed by atoms with Gasteiger partial charge in [0.2, 0.25) is 0 Å². The topological polar surface area (TPSA) is 39.7 Å². The smallest absolute Gasteiger partial charge is 0.146 e. The summed E-state index contributed by atoms with van der Waals surface area (Å²) in [5, 5.41) is 6.75. The average Bonchev–Trinajstić information content (AvgIpc) is 2.73. The number of hydrogen-bond acceptors (Lipinski definition) is 4. The standard InChI is InChI=1S/C12H22N4/c1-3-11-12(14-4-2)15-9-16(11)10-5-7-13-8-6-10/h3,10,13H,4-9H2,1-2H3,(H,14,15)/b11-3+. The second kappa shape index (κ2) is 5.34. The van der Waals surface area contributed by atoms with Gasteiger partial charge in [-0.1, -0.05) is 6.08 Å². The van der Waals surface area contributed by atoms with Crippen molar-refractivity contribution in [2.24, 2.45) is 4.99 Å². The maximum absolute atomic E-state index is 4.58. The quantitative estimate of drug-likeness (QED) is 0.730. The minimum Gasteiger partial charge on any atom is -0.369 e. The van der Waals surface area contributed by atoms with Gasteiger partial charge in [0.05, 0.1) is 5.70 Å². The number of hydrogen-bond donors (Lipinski definition) is 2. The lowest BCUT2D eigenvalue weighted by Gasteiger charge is -2.33. The number of nitrogens with one attached hydrogen (secondary N) is 2. The third-order valence-corrected chi connectivity index (χ3v) is 3.30. The van der Waals surface area contributed by atoms with E-state index in [9.17, 15) is 0 Å². The van der Waals surface area contributed by atoms with Gasteiger partial charge < -0.3 is 15.5 Å². The van der Waals surface area contributed by atoms with E-state index in [1.165, 1.54) is 18.5 Å². The van der Waals surface area contributed by atoms with Crippen molar-refractivity contribution in [3.63, 3.8) is 0 Å². The zero-order valence-electron chi connectivity index (χ0n) is 10.3. The minimum absolute atomic E-state index is 0.660. The lowest BCUT2D eigenvalue weighted by atomic mass is 10.0. The molecule has 4 nitrogen and oxygen atoms in total. The van der Waals surface area contributed by atoms with Crippen molar-refractivity contribution in [2.45, 2.75) is 32.7 Å². The van der Waals surface area contributed by atoms with Crippen LogP contribution in [0.1, 0.15) is 26.7 Å². The second-order valence-electron chi connectivity index (χ2n) is 4.30. The summed E-state index contributed by atoms with van der Waals surface area (Å²) in [4.78, 5) is 7.02. The van der Waals surface area contributed by atoms with Crippen LogP contribution in [0.2, 0.25) is 0 Å². The predicted molar refractivity (Wildman–Crippen MR) is 67.5 cm³/mol. The molecule has 2 rings (SSSR count). The molecule has 2 aliphatic rings. The highest BCUT2D eigenvalue weighted by atomic mass is 15.3. The van der Waals surface area contributed by atoms with Crippen molar-refractivity contribution < 1.29 is 0 Å².